The van der Waals surface area contributed by atoms with Gasteiger partial charge in [0.25, 0.3) is 0 Å². The second-order valence-electron chi connectivity index (χ2n) is 3.87. The molecule has 0 saturated carbocycles. The molecule has 1 aliphatic carbocycles. The third kappa shape index (κ3) is 2.38. The summed E-state index contributed by atoms with van der Waals surface area (Å²) in [5.74, 6) is -0.106. The summed E-state index contributed by atoms with van der Waals surface area (Å²) < 4.78 is 18.8. The minimum atomic E-state index is -0.106. The second kappa shape index (κ2) is 4.77. The van der Waals surface area contributed by atoms with Gasteiger partial charge in [0.15, 0.2) is 0 Å². The molecule has 84 valence electrons. The van der Waals surface area contributed by atoms with Crippen molar-refractivity contribution in [1.82, 2.24) is 10.2 Å². The summed E-state index contributed by atoms with van der Waals surface area (Å²) in [6.45, 7) is 3.62. The smallest absolute Gasteiger partial charge is 0.142 e. The zero-order valence-corrected chi connectivity index (χ0v) is 9.00. The maximum Gasteiger partial charge on any atom is 0.142 e. The Balaban J connectivity index is 2.08. The predicted molar refractivity (Wildman–Crippen MR) is 57.1 cm³/mol. The van der Waals surface area contributed by atoms with Crippen molar-refractivity contribution in [3.05, 3.63) is 23.7 Å². The van der Waals surface area contributed by atoms with Crippen LogP contribution in [0.3, 0.4) is 0 Å². The molecule has 0 aromatic carbocycles. The fraction of sp³-hybridized carbons (Fsp3) is 0.636. The Morgan fingerprint density at radius 1 is 1.47 bits per heavy atom. The Morgan fingerprint density at radius 2 is 2.20 bits per heavy atom. The molecule has 3 nitrogen and oxygen atoms in total. The van der Waals surface area contributed by atoms with E-state index in [2.05, 4.69) is 10.2 Å². The van der Waals surface area contributed by atoms with Gasteiger partial charge in [0, 0.05) is 39.7 Å². The number of rotatable bonds is 2. The van der Waals surface area contributed by atoms with E-state index in [0.717, 1.165) is 31.9 Å². The lowest BCUT2D eigenvalue weighted by molar-refractivity contribution is 0.126. The van der Waals surface area contributed by atoms with Crippen molar-refractivity contribution in [3.8, 4) is 0 Å². The van der Waals surface area contributed by atoms with Crippen LogP contribution in [0.2, 0.25) is 0 Å². The Morgan fingerprint density at radius 3 is 2.87 bits per heavy atom. The fourth-order valence-corrected chi connectivity index (χ4v) is 2.02. The van der Waals surface area contributed by atoms with E-state index in [-0.39, 0.29) is 11.9 Å². The highest BCUT2D eigenvalue weighted by molar-refractivity contribution is 5.26. The van der Waals surface area contributed by atoms with E-state index < -0.39 is 0 Å². The third-order valence-electron chi connectivity index (χ3n) is 2.93. The van der Waals surface area contributed by atoms with E-state index in [0.29, 0.717) is 6.42 Å². The van der Waals surface area contributed by atoms with E-state index >= 15 is 0 Å². The molecule has 2 rings (SSSR count). The Bertz CT molecular complexity index is 282. The van der Waals surface area contributed by atoms with Gasteiger partial charge in [-0.05, 0) is 6.08 Å². The number of nitrogens with one attached hydrogen (secondary N) is 1. The van der Waals surface area contributed by atoms with Gasteiger partial charge >= 0.3 is 0 Å². The minimum absolute atomic E-state index is 0.0226. The van der Waals surface area contributed by atoms with Crippen LogP contribution in [-0.2, 0) is 4.74 Å². The monoisotopic (exact) mass is 212 g/mol. The van der Waals surface area contributed by atoms with Crippen LogP contribution in [0, 0.1) is 0 Å². The normalized spacial score (nSPS) is 27.3. The average Bonchev–Trinajstić information content (AvgIpc) is 2.31. The van der Waals surface area contributed by atoms with Crippen molar-refractivity contribution in [2.75, 3.05) is 33.3 Å². The fourth-order valence-electron chi connectivity index (χ4n) is 2.02. The van der Waals surface area contributed by atoms with E-state index in [4.69, 9.17) is 4.74 Å². The van der Waals surface area contributed by atoms with Gasteiger partial charge in [-0.2, -0.15) is 0 Å². The first-order valence-electron chi connectivity index (χ1n) is 5.36. The third-order valence-corrected chi connectivity index (χ3v) is 2.93. The molecule has 0 aromatic heterocycles. The van der Waals surface area contributed by atoms with E-state index in [1.54, 1.807) is 13.2 Å². The highest BCUT2D eigenvalue weighted by atomic mass is 19.1. The van der Waals surface area contributed by atoms with Crippen LogP contribution in [0.5, 0.6) is 0 Å². The highest BCUT2D eigenvalue weighted by Gasteiger charge is 2.22. The number of ether oxygens (including phenoxy) is 1. The molecule has 1 saturated heterocycles. The average molecular weight is 212 g/mol. The number of halogens is 1. The van der Waals surface area contributed by atoms with Crippen LogP contribution < -0.4 is 5.32 Å². The van der Waals surface area contributed by atoms with Crippen LogP contribution in [-0.4, -0.2) is 44.3 Å². The standard InChI is InChI=1S/C11H17FN2O/c1-15-9-2-3-10(12)11(8-9)14-6-4-13-5-7-14/h2-3,9,13H,4-8H2,1H3. The van der Waals surface area contributed by atoms with Crippen LogP contribution in [0.4, 0.5) is 4.39 Å². The SMILES string of the molecule is COC1C=CC(F)=C(N2CCNCC2)C1. The minimum Gasteiger partial charge on any atom is -0.377 e. The molecule has 1 fully saturated rings. The summed E-state index contributed by atoms with van der Waals surface area (Å²) in [5, 5.41) is 3.26. The maximum atomic E-state index is 13.6. The van der Waals surface area contributed by atoms with Crippen LogP contribution >= 0.6 is 0 Å². The van der Waals surface area contributed by atoms with Crippen molar-refractivity contribution in [1.29, 1.82) is 0 Å². The Kier molecular flexibility index (Phi) is 3.38. The van der Waals surface area contributed by atoms with Gasteiger partial charge in [0.2, 0.25) is 0 Å². The van der Waals surface area contributed by atoms with Gasteiger partial charge in [-0.25, -0.2) is 4.39 Å². The summed E-state index contributed by atoms with van der Waals surface area (Å²) in [5.41, 5.74) is 0.797. The van der Waals surface area contributed by atoms with Gasteiger partial charge in [-0.1, -0.05) is 6.08 Å². The lowest BCUT2D eigenvalue weighted by atomic mass is 10.1. The van der Waals surface area contributed by atoms with Crippen molar-refractivity contribution in [2.45, 2.75) is 12.5 Å². The van der Waals surface area contributed by atoms with Gasteiger partial charge < -0.3 is 15.0 Å². The lowest BCUT2D eigenvalue weighted by Gasteiger charge is -2.33. The van der Waals surface area contributed by atoms with Crippen molar-refractivity contribution < 1.29 is 9.13 Å². The number of hydrogen-bond donors (Lipinski definition) is 1. The largest absolute Gasteiger partial charge is 0.377 e. The first kappa shape index (κ1) is 10.6. The van der Waals surface area contributed by atoms with Crippen molar-refractivity contribution in [3.63, 3.8) is 0 Å². The number of methoxy groups -OCH3 is 1. The summed E-state index contributed by atoms with van der Waals surface area (Å²) in [6.07, 6.45) is 3.98. The van der Waals surface area contributed by atoms with Gasteiger partial charge in [-0.3, -0.25) is 0 Å². The van der Waals surface area contributed by atoms with Crippen LogP contribution in [0.15, 0.2) is 23.7 Å². The number of allylic oxidation sites excluding steroid dienone is 2. The molecule has 0 spiro atoms. The molecule has 0 bridgehead atoms. The first-order valence-corrected chi connectivity index (χ1v) is 5.36. The van der Waals surface area contributed by atoms with Gasteiger partial charge in [-0.15, -0.1) is 0 Å². The number of hydrogen-bond acceptors (Lipinski definition) is 3. The molecule has 15 heavy (non-hydrogen) atoms. The second-order valence-corrected chi connectivity index (χ2v) is 3.87. The molecule has 1 N–H and O–H groups in total. The Labute approximate surface area is 89.6 Å². The van der Waals surface area contributed by atoms with E-state index in [1.807, 2.05) is 0 Å². The number of nitrogens with zero attached hydrogens (tertiary/aromatic N) is 1. The van der Waals surface area contributed by atoms with Crippen molar-refractivity contribution >= 4 is 0 Å². The molecule has 1 heterocycles. The highest BCUT2D eigenvalue weighted by Crippen LogP contribution is 2.25. The molecular formula is C11H17FN2O. The first-order chi connectivity index (χ1) is 7.31. The van der Waals surface area contributed by atoms with Crippen LogP contribution in [0.1, 0.15) is 6.42 Å². The summed E-state index contributed by atoms with van der Waals surface area (Å²) in [7, 11) is 1.66. The molecule has 1 aliphatic heterocycles. The zero-order chi connectivity index (χ0) is 10.7. The molecule has 1 atom stereocenters. The molecule has 0 radical (unpaired) electrons. The topological polar surface area (TPSA) is 24.5 Å². The quantitative estimate of drug-likeness (QED) is 0.740. The predicted octanol–water partition coefficient (Wildman–Crippen LogP) is 1.05. The van der Waals surface area contributed by atoms with Crippen molar-refractivity contribution in [2.24, 2.45) is 0 Å². The van der Waals surface area contributed by atoms with E-state index in [9.17, 15) is 4.39 Å². The van der Waals surface area contributed by atoms with Crippen LogP contribution in [0.25, 0.3) is 0 Å². The zero-order valence-electron chi connectivity index (χ0n) is 9.00. The Hall–Kier alpha value is -0.870. The molecule has 0 amide bonds. The summed E-state index contributed by atoms with van der Waals surface area (Å²) >= 11 is 0. The molecular weight excluding hydrogens is 195 g/mol. The summed E-state index contributed by atoms with van der Waals surface area (Å²) in [4.78, 5) is 2.11. The number of piperazine rings is 1. The summed E-state index contributed by atoms with van der Waals surface area (Å²) in [6, 6.07) is 0. The molecule has 0 aromatic rings. The lowest BCUT2D eigenvalue weighted by Crippen LogP contribution is -2.43. The van der Waals surface area contributed by atoms with Gasteiger partial charge in [0.05, 0.1) is 11.8 Å². The van der Waals surface area contributed by atoms with E-state index in [1.165, 1.54) is 6.08 Å². The molecule has 4 heteroatoms. The maximum absolute atomic E-state index is 13.6. The van der Waals surface area contributed by atoms with Gasteiger partial charge in [0.1, 0.15) is 5.83 Å². The molecule has 1 unspecified atom stereocenters. The molecule has 2 aliphatic rings.